The van der Waals surface area contributed by atoms with Crippen LogP contribution in [0.5, 0.6) is 17.2 Å². The molecule has 2 aromatic carbocycles. The lowest BCUT2D eigenvalue weighted by atomic mass is 10.1. The van der Waals surface area contributed by atoms with Crippen LogP contribution >= 0.6 is 0 Å². The minimum atomic E-state index is -0.142. The van der Waals surface area contributed by atoms with Gasteiger partial charge < -0.3 is 25.3 Å². The van der Waals surface area contributed by atoms with E-state index in [9.17, 15) is 4.79 Å². The highest BCUT2D eigenvalue weighted by Gasteiger charge is 2.10. The number of hydrogen-bond donors (Lipinski definition) is 2. The van der Waals surface area contributed by atoms with Crippen molar-refractivity contribution in [3.63, 3.8) is 0 Å². The molecule has 0 saturated carbocycles. The third-order valence-corrected chi connectivity index (χ3v) is 3.36. The number of benzene rings is 2. The van der Waals surface area contributed by atoms with Crippen LogP contribution in [0, 0.1) is 0 Å². The minimum Gasteiger partial charge on any atom is -0.497 e. The molecule has 0 aromatic heterocycles. The largest absolute Gasteiger partial charge is 0.497 e. The van der Waals surface area contributed by atoms with Crippen LogP contribution in [0.2, 0.25) is 0 Å². The molecular weight excluding hydrogens is 308 g/mol. The zero-order valence-corrected chi connectivity index (χ0v) is 13.9. The maximum atomic E-state index is 12.3. The Labute approximate surface area is 141 Å². The van der Waals surface area contributed by atoms with Gasteiger partial charge in [0, 0.05) is 17.8 Å². The summed E-state index contributed by atoms with van der Waals surface area (Å²) < 4.78 is 15.9. The van der Waals surface area contributed by atoms with Gasteiger partial charge in [0.2, 0.25) is 5.91 Å². The van der Waals surface area contributed by atoms with Crippen LogP contribution in [-0.4, -0.2) is 33.3 Å². The molecule has 2 aromatic rings. The van der Waals surface area contributed by atoms with E-state index >= 15 is 0 Å². The van der Waals surface area contributed by atoms with Gasteiger partial charge in [-0.1, -0.05) is 0 Å². The van der Waals surface area contributed by atoms with Gasteiger partial charge in [0.1, 0.15) is 23.9 Å². The standard InChI is InChI=1S/C18H22N2O4/c1-22-16-7-8-17(23-2)13(11-16)12-18(21)20-14-3-5-15(6-4-14)24-10-9-19/h3-8,11H,9-10,12,19H2,1-2H3,(H,20,21). The van der Waals surface area contributed by atoms with Gasteiger partial charge in [-0.3, -0.25) is 4.79 Å². The number of ether oxygens (including phenoxy) is 3. The van der Waals surface area contributed by atoms with Crippen molar-refractivity contribution in [1.82, 2.24) is 0 Å². The van der Waals surface area contributed by atoms with Crippen LogP contribution in [0.3, 0.4) is 0 Å². The molecule has 0 aliphatic rings. The second kappa shape index (κ2) is 8.79. The van der Waals surface area contributed by atoms with Gasteiger partial charge in [0.25, 0.3) is 0 Å². The Morgan fingerprint density at radius 2 is 1.75 bits per heavy atom. The normalized spacial score (nSPS) is 10.1. The average molecular weight is 330 g/mol. The van der Waals surface area contributed by atoms with Crippen molar-refractivity contribution in [3.05, 3.63) is 48.0 Å². The SMILES string of the molecule is COc1ccc(OC)c(CC(=O)Nc2ccc(OCCN)cc2)c1. The van der Waals surface area contributed by atoms with E-state index in [0.717, 1.165) is 5.56 Å². The highest BCUT2D eigenvalue weighted by Crippen LogP contribution is 2.25. The number of nitrogens with one attached hydrogen (secondary N) is 1. The molecule has 0 radical (unpaired) electrons. The third kappa shape index (κ3) is 4.89. The minimum absolute atomic E-state index is 0.142. The van der Waals surface area contributed by atoms with Crippen LogP contribution in [0.15, 0.2) is 42.5 Å². The van der Waals surface area contributed by atoms with E-state index in [1.807, 2.05) is 0 Å². The van der Waals surface area contributed by atoms with E-state index in [1.165, 1.54) is 0 Å². The lowest BCUT2D eigenvalue weighted by Crippen LogP contribution is -2.15. The van der Waals surface area contributed by atoms with Crippen molar-refractivity contribution in [1.29, 1.82) is 0 Å². The molecule has 6 heteroatoms. The Morgan fingerprint density at radius 3 is 2.38 bits per heavy atom. The van der Waals surface area contributed by atoms with Crippen LogP contribution < -0.4 is 25.3 Å². The second-order valence-corrected chi connectivity index (χ2v) is 5.06. The summed E-state index contributed by atoms with van der Waals surface area (Å²) in [5, 5.41) is 2.85. The van der Waals surface area contributed by atoms with Crippen molar-refractivity contribution in [3.8, 4) is 17.2 Å². The number of methoxy groups -OCH3 is 2. The summed E-state index contributed by atoms with van der Waals surface area (Å²) in [5.74, 6) is 1.90. The second-order valence-electron chi connectivity index (χ2n) is 5.06. The number of carbonyl (C=O) groups is 1. The fourth-order valence-corrected chi connectivity index (χ4v) is 2.21. The van der Waals surface area contributed by atoms with E-state index in [2.05, 4.69) is 5.32 Å². The van der Waals surface area contributed by atoms with Gasteiger partial charge in [0.15, 0.2) is 0 Å². The Hall–Kier alpha value is -2.73. The molecule has 0 atom stereocenters. The number of amides is 1. The summed E-state index contributed by atoms with van der Waals surface area (Å²) >= 11 is 0. The number of nitrogens with two attached hydrogens (primary N) is 1. The summed E-state index contributed by atoms with van der Waals surface area (Å²) in [6, 6.07) is 12.5. The first-order chi connectivity index (χ1) is 11.7. The van der Waals surface area contributed by atoms with E-state index in [0.29, 0.717) is 36.1 Å². The van der Waals surface area contributed by atoms with Crippen LogP contribution in [0.4, 0.5) is 5.69 Å². The van der Waals surface area contributed by atoms with Gasteiger partial charge in [0.05, 0.1) is 20.6 Å². The van der Waals surface area contributed by atoms with Crippen LogP contribution in [-0.2, 0) is 11.2 Å². The monoisotopic (exact) mass is 330 g/mol. The Bertz CT molecular complexity index is 671. The Morgan fingerprint density at radius 1 is 1.04 bits per heavy atom. The average Bonchev–Trinajstić information content (AvgIpc) is 2.61. The summed E-state index contributed by atoms with van der Waals surface area (Å²) in [7, 11) is 3.16. The maximum absolute atomic E-state index is 12.3. The molecule has 24 heavy (non-hydrogen) atoms. The number of hydrogen-bond acceptors (Lipinski definition) is 5. The summed E-state index contributed by atoms with van der Waals surface area (Å²) in [6.07, 6.45) is 0.186. The van der Waals surface area contributed by atoms with Gasteiger partial charge in [-0.15, -0.1) is 0 Å². The number of anilines is 1. The Kier molecular flexibility index (Phi) is 6.45. The topological polar surface area (TPSA) is 82.8 Å². The van der Waals surface area contributed by atoms with Crippen molar-refractivity contribution < 1.29 is 19.0 Å². The molecule has 0 bridgehead atoms. The molecule has 0 aliphatic carbocycles. The van der Waals surface area contributed by atoms with Crippen LogP contribution in [0.1, 0.15) is 5.56 Å². The smallest absolute Gasteiger partial charge is 0.228 e. The molecule has 0 aliphatic heterocycles. The molecule has 0 heterocycles. The molecule has 0 unspecified atom stereocenters. The summed E-state index contributed by atoms with van der Waals surface area (Å²) in [6.45, 7) is 0.919. The lowest BCUT2D eigenvalue weighted by molar-refractivity contribution is -0.115. The van der Waals surface area contributed by atoms with Crippen molar-refractivity contribution in [2.45, 2.75) is 6.42 Å². The molecule has 0 saturated heterocycles. The molecule has 0 fully saturated rings. The predicted molar refractivity (Wildman–Crippen MR) is 92.9 cm³/mol. The summed E-state index contributed by atoms with van der Waals surface area (Å²) in [5.41, 5.74) is 6.85. The number of rotatable bonds is 8. The van der Waals surface area contributed by atoms with E-state index < -0.39 is 0 Å². The Balaban J connectivity index is 2.00. The van der Waals surface area contributed by atoms with E-state index in [4.69, 9.17) is 19.9 Å². The first kappa shape index (κ1) is 17.6. The maximum Gasteiger partial charge on any atom is 0.228 e. The highest BCUT2D eigenvalue weighted by molar-refractivity contribution is 5.92. The van der Waals surface area contributed by atoms with Crippen LogP contribution in [0.25, 0.3) is 0 Å². The highest BCUT2D eigenvalue weighted by atomic mass is 16.5. The van der Waals surface area contributed by atoms with Gasteiger partial charge >= 0.3 is 0 Å². The van der Waals surface area contributed by atoms with Gasteiger partial charge in [-0.05, 0) is 42.5 Å². The number of carbonyl (C=O) groups excluding carboxylic acids is 1. The van der Waals surface area contributed by atoms with Gasteiger partial charge in [-0.2, -0.15) is 0 Å². The zero-order chi connectivity index (χ0) is 17.4. The molecular formula is C18H22N2O4. The summed E-state index contributed by atoms with van der Waals surface area (Å²) in [4.78, 5) is 12.3. The zero-order valence-electron chi connectivity index (χ0n) is 13.9. The van der Waals surface area contributed by atoms with Crippen molar-refractivity contribution >= 4 is 11.6 Å². The quantitative estimate of drug-likeness (QED) is 0.775. The van der Waals surface area contributed by atoms with E-state index in [-0.39, 0.29) is 12.3 Å². The first-order valence-electron chi connectivity index (χ1n) is 7.60. The fraction of sp³-hybridized carbons (Fsp3) is 0.278. The predicted octanol–water partition coefficient (Wildman–Crippen LogP) is 2.22. The van der Waals surface area contributed by atoms with Crippen molar-refractivity contribution in [2.75, 3.05) is 32.7 Å². The third-order valence-electron chi connectivity index (χ3n) is 3.36. The molecule has 1 amide bonds. The molecule has 3 N–H and O–H groups in total. The first-order valence-corrected chi connectivity index (χ1v) is 7.60. The lowest BCUT2D eigenvalue weighted by Gasteiger charge is -2.11. The van der Waals surface area contributed by atoms with Crippen molar-refractivity contribution in [2.24, 2.45) is 5.73 Å². The van der Waals surface area contributed by atoms with Gasteiger partial charge in [-0.25, -0.2) is 0 Å². The van der Waals surface area contributed by atoms with E-state index in [1.54, 1.807) is 56.7 Å². The molecule has 6 nitrogen and oxygen atoms in total. The fourth-order valence-electron chi connectivity index (χ4n) is 2.21. The molecule has 2 rings (SSSR count). The molecule has 128 valence electrons. The molecule has 0 spiro atoms.